The second-order valence-corrected chi connectivity index (χ2v) is 4.06. The highest BCUT2D eigenvalue weighted by molar-refractivity contribution is 6.47. The Hall–Kier alpha value is -0.0151. The van der Waals surface area contributed by atoms with Crippen molar-refractivity contribution in [2.24, 2.45) is 5.41 Å². The van der Waals surface area contributed by atoms with Gasteiger partial charge in [0.05, 0.1) is 0 Å². The first kappa shape index (κ1) is 8.09. The zero-order valence-electron chi connectivity index (χ0n) is 7.27. The third kappa shape index (κ3) is 1.73. The molecule has 0 radical (unpaired) electrons. The number of hydrogen-bond donors (Lipinski definition) is 1. The minimum absolute atomic E-state index is 0.240. The highest BCUT2D eigenvalue weighted by atomic mass is 16.5. The Labute approximate surface area is 63.5 Å². The lowest BCUT2D eigenvalue weighted by Crippen LogP contribution is -2.40. The molecule has 0 amide bonds. The van der Waals surface area contributed by atoms with Crippen molar-refractivity contribution in [3.05, 3.63) is 0 Å². The van der Waals surface area contributed by atoms with Crippen molar-refractivity contribution in [1.29, 1.82) is 0 Å². The molecule has 1 atom stereocenters. The molecule has 1 N–H and O–H groups in total. The van der Waals surface area contributed by atoms with Gasteiger partial charge in [0.1, 0.15) is 0 Å². The van der Waals surface area contributed by atoms with Gasteiger partial charge in [-0.2, -0.15) is 0 Å². The van der Waals surface area contributed by atoms with Crippen molar-refractivity contribution in [3.63, 3.8) is 0 Å². The summed E-state index contributed by atoms with van der Waals surface area (Å²) in [5.41, 5.74) is 0.324. The Morgan fingerprint density at radius 1 is 1.50 bits per heavy atom. The molecule has 1 heterocycles. The average Bonchev–Trinajstić information content (AvgIpc) is 2.11. The van der Waals surface area contributed by atoms with Crippen LogP contribution in [0.3, 0.4) is 0 Å². The molecule has 3 heteroatoms. The zero-order valence-corrected chi connectivity index (χ0v) is 7.27. The second kappa shape index (κ2) is 2.55. The molecule has 0 spiro atoms. The van der Waals surface area contributed by atoms with Crippen molar-refractivity contribution in [3.8, 4) is 0 Å². The van der Waals surface area contributed by atoms with E-state index in [2.05, 4.69) is 26.0 Å². The fraction of sp³-hybridized carbons (Fsp3) is 1.00. The highest BCUT2D eigenvalue weighted by Gasteiger charge is 2.32. The molecule has 58 valence electrons. The predicted molar refractivity (Wildman–Crippen MR) is 43.9 cm³/mol. The highest BCUT2D eigenvalue weighted by Crippen LogP contribution is 2.22. The third-order valence-electron chi connectivity index (χ3n) is 1.99. The summed E-state index contributed by atoms with van der Waals surface area (Å²) >= 11 is 0. The van der Waals surface area contributed by atoms with Gasteiger partial charge < -0.3 is 9.88 Å². The quantitative estimate of drug-likeness (QED) is 0.510. The van der Waals surface area contributed by atoms with Crippen LogP contribution in [0.15, 0.2) is 0 Å². The molecule has 2 nitrogen and oxygen atoms in total. The fourth-order valence-corrected chi connectivity index (χ4v) is 1.12. The van der Waals surface area contributed by atoms with E-state index >= 15 is 0 Å². The standard InChI is InChI=1S/C7H16BNO/c1-7(2,3)6-5-10-8(4)9-6/h6,9H,5H2,1-4H3/t6-/m1/s1. The molecule has 10 heavy (non-hydrogen) atoms. The van der Waals surface area contributed by atoms with Crippen molar-refractivity contribution in [2.75, 3.05) is 6.61 Å². The topological polar surface area (TPSA) is 21.3 Å². The molecule has 1 fully saturated rings. The molecule has 1 aliphatic rings. The van der Waals surface area contributed by atoms with Crippen LogP contribution in [0, 0.1) is 5.41 Å². The molecule has 0 aliphatic carbocycles. The maximum absolute atomic E-state index is 5.38. The number of nitrogens with one attached hydrogen (secondary N) is 1. The predicted octanol–water partition coefficient (Wildman–Crippen LogP) is 1.14. The summed E-state index contributed by atoms with van der Waals surface area (Å²) in [5.74, 6) is 0. The van der Waals surface area contributed by atoms with Crippen LogP contribution in [0.25, 0.3) is 0 Å². The average molecular weight is 141 g/mol. The molecular weight excluding hydrogens is 125 g/mol. The zero-order chi connectivity index (χ0) is 7.78. The van der Waals surface area contributed by atoms with Crippen LogP contribution in [-0.4, -0.2) is 19.7 Å². The Bertz CT molecular complexity index is 121. The van der Waals surface area contributed by atoms with Gasteiger partial charge in [-0.05, 0) is 12.2 Å². The van der Waals surface area contributed by atoms with Crippen LogP contribution in [0.4, 0.5) is 0 Å². The van der Waals surface area contributed by atoms with Gasteiger partial charge in [-0.15, -0.1) is 0 Å². The Morgan fingerprint density at radius 2 is 2.10 bits per heavy atom. The summed E-state index contributed by atoms with van der Waals surface area (Å²) in [6.45, 7) is 9.58. The Morgan fingerprint density at radius 3 is 2.30 bits per heavy atom. The van der Waals surface area contributed by atoms with E-state index in [1.807, 2.05) is 6.82 Å². The van der Waals surface area contributed by atoms with E-state index in [0.29, 0.717) is 11.5 Å². The van der Waals surface area contributed by atoms with E-state index in [1.54, 1.807) is 0 Å². The molecule has 0 bridgehead atoms. The summed E-state index contributed by atoms with van der Waals surface area (Å²) in [6.07, 6.45) is 0. The van der Waals surface area contributed by atoms with E-state index < -0.39 is 0 Å². The second-order valence-electron chi connectivity index (χ2n) is 4.06. The van der Waals surface area contributed by atoms with E-state index in [9.17, 15) is 0 Å². The van der Waals surface area contributed by atoms with Gasteiger partial charge >= 0.3 is 7.05 Å². The van der Waals surface area contributed by atoms with E-state index in [4.69, 9.17) is 4.65 Å². The molecule has 0 aromatic rings. The fourth-order valence-electron chi connectivity index (χ4n) is 1.12. The van der Waals surface area contributed by atoms with Crippen LogP contribution in [0.1, 0.15) is 20.8 Å². The number of hydrogen-bond acceptors (Lipinski definition) is 2. The van der Waals surface area contributed by atoms with Crippen molar-refractivity contribution < 1.29 is 4.65 Å². The minimum atomic E-state index is 0.240. The smallest absolute Gasteiger partial charge is 0.376 e. The Balaban J connectivity index is 2.45. The summed E-state index contributed by atoms with van der Waals surface area (Å²) in [5, 5.41) is 3.37. The van der Waals surface area contributed by atoms with Gasteiger partial charge in [0, 0.05) is 12.6 Å². The normalized spacial score (nSPS) is 27.6. The molecule has 0 unspecified atom stereocenters. The first-order chi connectivity index (χ1) is 4.50. The molecular formula is C7H16BNO. The van der Waals surface area contributed by atoms with E-state index in [-0.39, 0.29) is 7.05 Å². The lowest BCUT2D eigenvalue weighted by Gasteiger charge is -2.26. The molecule has 0 aromatic heterocycles. The SMILES string of the molecule is CB1N[C@@H](C(C)(C)C)CO1. The molecule has 0 aromatic carbocycles. The van der Waals surface area contributed by atoms with Crippen LogP contribution in [0.2, 0.25) is 6.82 Å². The van der Waals surface area contributed by atoms with Crippen LogP contribution < -0.4 is 5.23 Å². The molecule has 1 aliphatic heterocycles. The van der Waals surface area contributed by atoms with Crippen LogP contribution >= 0.6 is 0 Å². The van der Waals surface area contributed by atoms with Gasteiger partial charge in [0.15, 0.2) is 0 Å². The number of rotatable bonds is 0. The molecule has 0 saturated carbocycles. The van der Waals surface area contributed by atoms with Gasteiger partial charge in [-0.25, -0.2) is 0 Å². The monoisotopic (exact) mass is 141 g/mol. The maximum atomic E-state index is 5.38. The Kier molecular flexibility index (Phi) is 2.06. The summed E-state index contributed by atoms with van der Waals surface area (Å²) < 4.78 is 5.38. The first-order valence-corrected chi connectivity index (χ1v) is 3.88. The first-order valence-electron chi connectivity index (χ1n) is 3.88. The van der Waals surface area contributed by atoms with Gasteiger partial charge in [0.2, 0.25) is 0 Å². The maximum Gasteiger partial charge on any atom is 0.376 e. The lowest BCUT2D eigenvalue weighted by molar-refractivity contribution is 0.243. The minimum Gasteiger partial charge on any atom is -0.420 e. The third-order valence-corrected chi connectivity index (χ3v) is 1.99. The van der Waals surface area contributed by atoms with Gasteiger partial charge in [-0.3, -0.25) is 0 Å². The van der Waals surface area contributed by atoms with Gasteiger partial charge in [-0.1, -0.05) is 20.8 Å². The van der Waals surface area contributed by atoms with Crippen LogP contribution in [0.5, 0.6) is 0 Å². The van der Waals surface area contributed by atoms with Gasteiger partial charge in [0.25, 0.3) is 0 Å². The lowest BCUT2D eigenvalue weighted by atomic mass is 9.83. The molecule has 1 saturated heterocycles. The summed E-state index contributed by atoms with van der Waals surface area (Å²) in [4.78, 5) is 0. The summed E-state index contributed by atoms with van der Waals surface area (Å²) in [6, 6.07) is 0.516. The largest absolute Gasteiger partial charge is 0.420 e. The molecule has 1 rings (SSSR count). The van der Waals surface area contributed by atoms with Crippen molar-refractivity contribution in [2.45, 2.75) is 33.6 Å². The van der Waals surface area contributed by atoms with Crippen molar-refractivity contribution >= 4 is 7.05 Å². The van der Waals surface area contributed by atoms with E-state index in [1.165, 1.54) is 0 Å². The van der Waals surface area contributed by atoms with E-state index in [0.717, 1.165) is 6.61 Å². The van der Waals surface area contributed by atoms with Crippen molar-refractivity contribution in [1.82, 2.24) is 5.23 Å². The summed E-state index contributed by atoms with van der Waals surface area (Å²) in [7, 11) is 0.240. The van der Waals surface area contributed by atoms with Crippen LogP contribution in [-0.2, 0) is 4.65 Å².